The fourth-order valence-corrected chi connectivity index (χ4v) is 3.09. The first-order valence-corrected chi connectivity index (χ1v) is 8.63. The lowest BCUT2D eigenvalue weighted by atomic mass is 10.2. The van der Waals surface area contributed by atoms with Gasteiger partial charge < -0.3 is 20.3 Å². The lowest BCUT2D eigenvalue weighted by Crippen LogP contribution is -2.39. The maximum atomic E-state index is 12.3. The lowest BCUT2D eigenvalue weighted by Gasteiger charge is -2.18. The van der Waals surface area contributed by atoms with Crippen LogP contribution in [-0.2, 0) is 4.79 Å². The van der Waals surface area contributed by atoms with Crippen LogP contribution in [0.1, 0.15) is 12.0 Å². The van der Waals surface area contributed by atoms with E-state index >= 15 is 0 Å². The van der Waals surface area contributed by atoms with E-state index in [-0.39, 0.29) is 24.4 Å². The number of urea groups is 1. The number of halogens is 1. The number of benzene rings is 2. The third kappa shape index (κ3) is 3.91. The summed E-state index contributed by atoms with van der Waals surface area (Å²) in [7, 11) is 1.58. The molecule has 0 bridgehead atoms. The van der Waals surface area contributed by atoms with Crippen molar-refractivity contribution in [2.75, 3.05) is 23.9 Å². The predicted octanol–water partition coefficient (Wildman–Crippen LogP) is 3.58. The Kier molecular flexibility index (Phi) is 5.32. The van der Waals surface area contributed by atoms with Crippen LogP contribution in [-0.4, -0.2) is 31.6 Å². The Morgan fingerprint density at radius 1 is 1.27 bits per heavy atom. The number of carbonyl (C=O) groups is 2. The molecule has 1 fully saturated rings. The normalized spacial score (nSPS) is 16.5. The number of hydrogen-bond acceptors (Lipinski definition) is 3. The predicted molar refractivity (Wildman–Crippen MR) is 102 cm³/mol. The van der Waals surface area contributed by atoms with Crippen LogP contribution in [0, 0.1) is 6.92 Å². The largest absolute Gasteiger partial charge is 0.497 e. The molecule has 3 amide bonds. The lowest BCUT2D eigenvalue weighted by molar-refractivity contribution is -0.117. The molecular weight excluding hydrogens is 354 g/mol. The van der Waals surface area contributed by atoms with Crippen molar-refractivity contribution in [2.45, 2.75) is 19.4 Å². The van der Waals surface area contributed by atoms with E-state index in [1.165, 1.54) is 0 Å². The van der Waals surface area contributed by atoms with Gasteiger partial charge in [-0.15, -0.1) is 0 Å². The smallest absolute Gasteiger partial charge is 0.319 e. The van der Waals surface area contributed by atoms with Crippen LogP contribution in [0.25, 0.3) is 0 Å². The Bertz CT molecular complexity index is 841. The van der Waals surface area contributed by atoms with E-state index in [1.54, 1.807) is 36.3 Å². The van der Waals surface area contributed by atoms with Crippen LogP contribution in [0.15, 0.2) is 42.5 Å². The molecule has 0 aromatic heterocycles. The molecule has 3 rings (SSSR count). The quantitative estimate of drug-likeness (QED) is 0.860. The zero-order valence-electron chi connectivity index (χ0n) is 14.6. The second kappa shape index (κ2) is 7.66. The van der Waals surface area contributed by atoms with E-state index in [2.05, 4.69) is 10.6 Å². The van der Waals surface area contributed by atoms with Gasteiger partial charge in [0.2, 0.25) is 5.91 Å². The van der Waals surface area contributed by atoms with Crippen molar-refractivity contribution >= 4 is 34.9 Å². The summed E-state index contributed by atoms with van der Waals surface area (Å²) in [6.07, 6.45) is 0.249. The van der Waals surface area contributed by atoms with E-state index in [4.69, 9.17) is 16.3 Å². The van der Waals surface area contributed by atoms with E-state index in [9.17, 15) is 9.59 Å². The number of methoxy groups -OCH3 is 1. The highest BCUT2D eigenvalue weighted by Crippen LogP contribution is 2.26. The van der Waals surface area contributed by atoms with E-state index in [1.807, 2.05) is 25.1 Å². The second-order valence-corrected chi connectivity index (χ2v) is 6.52. The number of nitrogens with zero attached hydrogens (tertiary/aromatic N) is 1. The van der Waals surface area contributed by atoms with Gasteiger partial charge >= 0.3 is 6.03 Å². The number of amides is 3. The Labute approximate surface area is 157 Å². The summed E-state index contributed by atoms with van der Waals surface area (Å²) < 4.78 is 5.20. The highest BCUT2D eigenvalue weighted by molar-refractivity contribution is 6.31. The van der Waals surface area contributed by atoms with Crippen molar-refractivity contribution in [3.05, 3.63) is 53.1 Å². The summed E-state index contributed by atoms with van der Waals surface area (Å²) in [5, 5.41) is 6.21. The molecule has 26 heavy (non-hydrogen) atoms. The summed E-state index contributed by atoms with van der Waals surface area (Å²) in [6, 6.07) is 12.0. The van der Waals surface area contributed by atoms with Crippen LogP contribution < -0.4 is 20.3 Å². The average molecular weight is 374 g/mol. The molecule has 1 heterocycles. The van der Waals surface area contributed by atoms with Crippen molar-refractivity contribution in [3.63, 3.8) is 0 Å². The van der Waals surface area contributed by atoms with Gasteiger partial charge in [0.05, 0.1) is 13.2 Å². The van der Waals surface area contributed by atoms with Gasteiger partial charge in [0.1, 0.15) is 5.75 Å². The van der Waals surface area contributed by atoms with Crippen molar-refractivity contribution < 1.29 is 14.3 Å². The molecule has 0 saturated carbocycles. The van der Waals surface area contributed by atoms with Crippen molar-refractivity contribution in [3.8, 4) is 5.75 Å². The van der Waals surface area contributed by atoms with Gasteiger partial charge in [0.25, 0.3) is 0 Å². The van der Waals surface area contributed by atoms with Crippen LogP contribution >= 0.6 is 11.6 Å². The van der Waals surface area contributed by atoms with Crippen molar-refractivity contribution in [2.24, 2.45) is 0 Å². The minimum Gasteiger partial charge on any atom is -0.497 e. The SMILES string of the molecule is COc1cccc(N2C[C@@H](NC(=O)Nc3cccc(Cl)c3C)CC2=O)c1. The number of ether oxygens (including phenoxy) is 1. The van der Waals surface area contributed by atoms with Gasteiger partial charge in [-0.1, -0.05) is 23.7 Å². The molecule has 2 aromatic rings. The topological polar surface area (TPSA) is 70.7 Å². The van der Waals surface area contributed by atoms with Crippen LogP contribution in [0.4, 0.5) is 16.2 Å². The molecule has 136 valence electrons. The molecule has 7 heteroatoms. The maximum absolute atomic E-state index is 12.3. The second-order valence-electron chi connectivity index (χ2n) is 6.12. The first-order chi connectivity index (χ1) is 12.5. The molecule has 0 aliphatic carbocycles. The van der Waals surface area contributed by atoms with Gasteiger partial charge in [-0.25, -0.2) is 4.79 Å². The van der Waals surface area contributed by atoms with Gasteiger partial charge in [-0.05, 0) is 36.8 Å². The summed E-state index contributed by atoms with van der Waals surface area (Å²) in [5.41, 5.74) is 2.19. The van der Waals surface area contributed by atoms with Gasteiger partial charge in [0.15, 0.2) is 0 Å². The number of nitrogens with one attached hydrogen (secondary N) is 2. The van der Waals surface area contributed by atoms with E-state index in [0.29, 0.717) is 23.0 Å². The summed E-state index contributed by atoms with van der Waals surface area (Å²) in [4.78, 5) is 26.2. The number of rotatable bonds is 4. The van der Waals surface area contributed by atoms with Gasteiger partial charge in [-0.3, -0.25) is 4.79 Å². The molecule has 1 saturated heterocycles. The molecule has 1 aliphatic heterocycles. The highest BCUT2D eigenvalue weighted by atomic mass is 35.5. The first kappa shape index (κ1) is 18.1. The molecule has 2 aromatic carbocycles. The minimum atomic E-state index is -0.361. The Morgan fingerprint density at radius 2 is 2.04 bits per heavy atom. The molecule has 2 N–H and O–H groups in total. The van der Waals surface area contributed by atoms with Crippen LogP contribution in [0.2, 0.25) is 5.02 Å². The number of carbonyl (C=O) groups excluding carboxylic acids is 2. The third-order valence-electron chi connectivity index (χ3n) is 4.34. The molecule has 0 unspecified atom stereocenters. The summed E-state index contributed by atoms with van der Waals surface area (Å²) >= 11 is 6.07. The third-order valence-corrected chi connectivity index (χ3v) is 4.75. The van der Waals surface area contributed by atoms with Gasteiger partial charge in [-0.2, -0.15) is 0 Å². The number of anilines is 2. The van der Waals surface area contributed by atoms with Gasteiger partial charge in [0, 0.05) is 35.4 Å². The molecular formula is C19H20ClN3O3. The fourth-order valence-electron chi connectivity index (χ4n) is 2.92. The molecule has 6 nitrogen and oxygen atoms in total. The van der Waals surface area contributed by atoms with E-state index in [0.717, 1.165) is 11.3 Å². The summed E-state index contributed by atoms with van der Waals surface area (Å²) in [6.45, 7) is 2.25. The minimum absolute atomic E-state index is 0.0394. The molecule has 1 atom stereocenters. The zero-order valence-corrected chi connectivity index (χ0v) is 15.3. The monoisotopic (exact) mass is 373 g/mol. The first-order valence-electron chi connectivity index (χ1n) is 8.25. The molecule has 0 radical (unpaired) electrons. The van der Waals surface area contributed by atoms with Crippen molar-refractivity contribution in [1.29, 1.82) is 0 Å². The Hall–Kier alpha value is -2.73. The molecule has 1 aliphatic rings. The van der Waals surface area contributed by atoms with Crippen molar-refractivity contribution in [1.82, 2.24) is 5.32 Å². The fraction of sp³-hybridized carbons (Fsp3) is 0.263. The Morgan fingerprint density at radius 3 is 2.81 bits per heavy atom. The van der Waals surface area contributed by atoms with Crippen LogP contribution in [0.3, 0.4) is 0 Å². The Balaban J connectivity index is 1.63. The maximum Gasteiger partial charge on any atom is 0.319 e. The standard InChI is InChI=1S/C19H20ClN3O3/c1-12-16(20)7-4-8-17(12)22-19(25)21-13-9-18(24)23(11-13)14-5-3-6-15(10-14)26-2/h3-8,10,13H,9,11H2,1-2H3,(H2,21,22,25)/t13-/m0/s1. The highest BCUT2D eigenvalue weighted by Gasteiger charge is 2.31. The van der Waals surface area contributed by atoms with E-state index < -0.39 is 0 Å². The van der Waals surface area contributed by atoms with Crippen LogP contribution in [0.5, 0.6) is 5.75 Å². The zero-order chi connectivity index (χ0) is 18.7. The number of hydrogen-bond donors (Lipinski definition) is 2. The average Bonchev–Trinajstić information content (AvgIpc) is 2.99. The summed E-state index contributed by atoms with van der Waals surface area (Å²) in [5.74, 6) is 0.642. The molecule has 0 spiro atoms.